The second kappa shape index (κ2) is 7.05. The van der Waals surface area contributed by atoms with Crippen LogP contribution in [-0.2, 0) is 11.2 Å². The van der Waals surface area contributed by atoms with Crippen LogP contribution in [0.5, 0.6) is 0 Å². The van der Waals surface area contributed by atoms with Gasteiger partial charge in [0.15, 0.2) is 0 Å². The molecule has 0 spiro atoms. The highest BCUT2D eigenvalue weighted by molar-refractivity contribution is 5.83. The maximum absolute atomic E-state index is 11.8. The molecule has 1 aliphatic heterocycles. The summed E-state index contributed by atoms with van der Waals surface area (Å²) in [7, 11) is 1.81. The Morgan fingerprint density at radius 2 is 2.00 bits per heavy atom. The Morgan fingerprint density at radius 3 is 2.52 bits per heavy atom. The van der Waals surface area contributed by atoms with Crippen LogP contribution in [0.3, 0.4) is 0 Å². The first-order chi connectivity index (χ1) is 9.97. The number of hydrogen-bond acceptors (Lipinski definition) is 3. The lowest BCUT2D eigenvalue weighted by Gasteiger charge is -2.16. The smallest absolute Gasteiger partial charge is 0.239 e. The monoisotopic (exact) mass is 290 g/mol. The fourth-order valence-corrected chi connectivity index (χ4v) is 2.73. The quantitative estimate of drug-likeness (QED) is 0.839. The number of nitrogens with one attached hydrogen (secondary N) is 1. The van der Waals surface area contributed by atoms with E-state index in [4.69, 9.17) is 0 Å². The number of carbonyl (C=O) groups excluding carboxylic acids is 1. The topological polar surface area (TPSA) is 52.6 Å². The van der Waals surface area contributed by atoms with E-state index in [1.54, 1.807) is 4.90 Å². The zero-order chi connectivity index (χ0) is 15.4. The van der Waals surface area contributed by atoms with Gasteiger partial charge >= 0.3 is 0 Å². The normalized spacial score (nSPS) is 20.3. The Balaban J connectivity index is 1.85. The minimum Gasteiger partial charge on any atom is -0.387 e. The van der Waals surface area contributed by atoms with Crippen molar-refractivity contribution < 1.29 is 9.90 Å². The van der Waals surface area contributed by atoms with Crippen molar-refractivity contribution in [3.8, 4) is 0 Å². The van der Waals surface area contributed by atoms with Gasteiger partial charge in [-0.1, -0.05) is 38.1 Å². The summed E-state index contributed by atoms with van der Waals surface area (Å²) >= 11 is 0. The van der Waals surface area contributed by atoms with Crippen LogP contribution in [0.4, 0.5) is 0 Å². The molecule has 2 N–H and O–H groups in total. The Hall–Kier alpha value is -1.39. The average molecular weight is 290 g/mol. The van der Waals surface area contributed by atoms with E-state index in [0.29, 0.717) is 12.5 Å². The highest BCUT2D eigenvalue weighted by Gasteiger charge is 2.28. The van der Waals surface area contributed by atoms with Crippen molar-refractivity contribution in [2.45, 2.75) is 38.8 Å². The molecule has 2 unspecified atom stereocenters. The number of hydrogen-bond donors (Lipinski definition) is 2. The Bertz CT molecular complexity index is 470. The molecular weight excluding hydrogens is 264 g/mol. The number of likely N-dealkylation sites (N-methyl/N-ethyl adjacent to an activating group) is 1. The Morgan fingerprint density at radius 1 is 1.33 bits per heavy atom. The summed E-state index contributed by atoms with van der Waals surface area (Å²) in [5.74, 6) is 0.752. The minimum atomic E-state index is -0.572. The van der Waals surface area contributed by atoms with Crippen LogP contribution in [0.2, 0.25) is 0 Å². The van der Waals surface area contributed by atoms with Crippen molar-refractivity contribution in [1.29, 1.82) is 0 Å². The Kier molecular flexibility index (Phi) is 5.37. The summed E-state index contributed by atoms with van der Waals surface area (Å²) in [6.45, 7) is 5.59. The van der Waals surface area contributed by atoms with Crippen LogP contribution in [-0.4, -0.2) is 42.1 Å². The highest BCUT2D eigenvalue weighted by Crippen LogP contribution is 2.16. The third kappa shape index (κ3) is 4.29. The molecule has 21 heavy (non-hydrogen) atoms. The van der Waals surface area contributed by atoms with Crippen LogP contribution in [0, 0.1) is 5.92 Å². The van der Waals surface area contributed by atoms with E-state index in [1.165, 1.54) is 5.56 Å². The number of aliphatic hydroxyl groups excluding tert-OH is 1. The lowest BCUT2D eigenvalue weighted by atomic mass is 10.00. The predicted octanol–water partition coefficient (Wildman–Crippen LogP) is 1.74. The molecule has 4 nitrogen and oxygen atoms in total. The van der Waals surface area contributed by atoms with Gasteiger partial charge in [-0.05, 0) is 29.9 Å². The molecule has 2 atom stereocenters. The maximum atomic E-state index is 11.8. The predicted molar refractivity (Wildman–Crippen MR) is 84.0 cm³/mol. The van der Waals surface area contributed by atoms with E-state index in [-0.39, 0.29) is 11.9 Å². The van der Waals surface area contributed by atoms with Gasteiger partial charge in [-0.25, -0.2) is 0 Å². The summed E-state index contributed by atoms with van der Waals surface area (Å²) in [6.07, 6.45) is 1.30. The van der Waals surface area contributed by atoms with E-state index >= 15 is 0 Å². The first kappa shape index (κ1) is 16.0. The molecule has 0 radical (unpaired) electrons. The van der Waals surface area contributed by atoms with E-state index in [9.17, 15) is 9.90 Å². The van der Waals surface area contributed by atoms with Crippen molar-refractivity contribution >= 4 is 5.91 Å². The zero-order valence-corrected chi connectivity index (χ0v) is 13.2. The van der Waals surface area contributed by atoms with E-state index < -0.39 is 6.10 Å². The SMILES string of the molecule is CC(C)Cc1ccc(C(O)CNC2CCN(C)C2=O)cc1. The van der Waals surface area contributed by atoms with E-state index in [2.05, 4.69) is 31.3 Å². The van der Waals surface area contributed by atoms with Gasteiger partial charge in [-0.15, -0.1) is 0 Å². The van der Waals surface area contributed by atoms with Gasteiger partial charge in [-0.2, -0.15) is 0 Å². The molecule has 1 aromatic rings. The average Bonchev–Trinajstić information content (AvgIpc) is 2.76. The van der Waals surface area contributed by atoms with Crippen LogP contribution in [0.15, 0.2) is 24.3 Å². The van der Waals surface area contributed by atoms with Gasteiger partial charge in [0.25, 0.3) is 0 Å². The van der Waals surface area contributed by atoms with E-state index in [1.807, 2.05) is 19.2 Å². The van der Waals surface area contributed by atoms with Gasteiger partial charge < -0.3 is 15.3 Å². The third-order valence-electron chi connectivity index (χ3n) is 3.99. The molecule has 0 saturated carbocycles. The molecular formula is C17H26N2O2. The second-order valence-corrected chi connectivity index (χ2v) is 6.36. The molecule has 1 aromatic carbocycles. The number of nitrogens with zero attached hydrogens (tertiary/aromatic N) is 1. The number of rotatable bonds is 6. The molecule has 1 saturated heterocycles. The number of amides is 1. The summed E-state index contributed by atoms with van der Waals surface area (Å²) in [6, 6.07) is 7.96. The number of likely N-dealkylation sites (tertiary alicyclic amines) is 1. The van der Waals surface area contributed by atoms with Crippen molar-refractivity contribution in [1.82, 2.24) is 10.2 Å². The molecule has 116 valence electrons. The first-order valence-electron chi connectivity index (χ1n) is 7.72. The van der Waals surface area contributed by atoms with Crippen LogP contribution in [0.25, 0.3) is 0 Å². The molecule has 1 fully saturated rings. The lowest BCUT2D eigenvalue weighted by Crippen LogP contribution is -2.38. The molecule has 1 aliphatic rings. The fraction of sp³-hybridized carbons (Fsp3) is 0.588. The maximum Gasteiger partial charge on any atom is 0.239 e. The summed E-state index contributed by atoms with van der Waals surface area (Å²) in [5.41, 5.74) is 2.19. The van der Waals surface area contributed by atoms with Gasteiger partial charge in [0.1, 0.15) is 0 Å². The fourth-order valence-electron chi connectivity index (χ4n) is 2.73. The standard InChI is InChI=1S/C17H26N2O2/c1-12(2)10-13-4-6-14(7-5-13)16(20)11-18-15-8-9-19(3)17(15)21/h4-7,12,15-16,18,20H,8-11H2,1-3H3. The van der Waals surface area contributed by atoms with Crippen molar-refractivity contribution in [3.05, 3.63) is 35.4 Å². The largest absolute Gasteiger partial charge is 0.387 e. The van der Waals surface area contributed by atoms with Crippen molar-refractivity contribution in [3.63, 3.8) is 0 Å². The number of carbonyl (C=O) groups is 1. The zero-order valence-electron chi connectivity index (χ0n) is 13.2. The second-order valence-electron chi connectivity index (χ2n) is 6.36. The first-order valence-corrected chi connectivity index (χ1v) is 7.72. The number of benzene rings is 1. The van der Waals surface area contributed by atoms with Crippen molar-refractivity contribution in [2.75, 3.05) is 20.1 Å². The molecule has 2 rings (SSSR count). The molecule has 0 aromatic heterocycles. The van der Waals surface area contributed by atoms with E-state index in [0.717, 1.165) is 24.9 Å². The van der Waals surface area contributed by atoms with Gasteiger partial charge in [-0.3, -0.25) is 4.79 Å². The lowest BCUT2D eigenvalue weighted by molar-refractivity contribution is -0.128. The van der Waals surface area contributed by atoms with Gasteiger partial charge in [0.05, 0.1) is 12.1 Å². The minimum absolute atomic E-state index is 0.120. The van der Waals surface area contributed by atoms with Crippen molar-refractivity contribution in [2.24, 2.45) is 5.92 Å². The highest BCUT2D eigenvalue weighted by atomic mass is 16.3. The summed E-state index contributed by atoms with van der Waals surface area (Å²) in [5, 5.41) is 13.4. The van der Waals surface area contributed by atoms with Gasteiger partial charge in [0.2, 0.25) is 5.91 Å². The molecule has 4 heteroatoms. The summed E-state index contributed by atoms with van der Waals surface area (Å²) in [4.78, 5) is 13.5. The summed E-state index contributed by atoms with van der Waals surface area (Å²) < 4.78 is 0. The van der Waals surface area contributed by atoms with Crippen LogP contribution >= 0.6 is 0 Å². The van der Waals surface area contributed by atoms with Crippen LogP contribution < -0.4 is 5.32 Å². The molecule has 0 bridgehead atoms. The Labute approximate surface area is 127 Å². The van der Waals surface area contributed by atoms with Crippen LogP contribution in [0.1, 0.15) is 37.5 Å². The third-order valence-corrected chi connectivity index (χ3v) is 3.99. The molecule has 1 amide bonds. The number of aliphatic hydroxyl groups is 1. The molecule has 1 heterocycles. The van der Waals surface area contributed by atoms with Gasteiger partial charge in [0, 0.05) is 20.1 Å². The molecule has 0 aliphatic carbocycles.